The molecule has 0 amide bonds. The van der Waals surface area contributed by atoms with Crippen LogP contribution in [0.4, 0.5) is 11.4 Å². The fourth-order valence-corrected chi connectivity index (χ4v) is 3.10. The lowest BCUT2D eigenvalue weighted by Gasteiger charge is -2.25. The summed E-state index contributed by atoms with van der Waals surface area (Å²) in [5.41, 5.74) is 3.67. The Balaban J connectivity index is 2.18. The van der Waals surface area contributed by atoms with Crippen LogP contribution in [-0.2, 0) is 6.54 Å². The zero-order valence-corrected chi connectivity index (χ0v) is 13.7. The molecule has 5 heteroatoms. The molecule has 0 radical (unpaired) electrons. The average molecular weight is 310 g/mol. The molecule has 0 aliphatic heterocycles. The summed E-state index contributed by atoms with van der Waals surface area (Å²) in [4.78, 5) is 7.56. The van der Waals surface area contributed by atoms with Gasteiger partial charge in [-0.2, -0.15) is 0 Å². The van der Waals surface area contributed by atoms with Crippen LogP contribution >= 0.6 is 22.9 Å². The van der Waals surface area contributed by atoms with Gasteiger partial charge < -0.3 is 10.2 Å². The van der Waals surface area contributed by atoms with Gasteiger partial charge in [0.15, 0.2) is 4.47 Å². The highest BCUT2D eigenvalue weighted by atomic mass is 35.5. The van der Waals surface area contributed by atoms with Crippen LogP contribution in [-0.4, -0.2) is 18.1 Å². The topological polar surface area (TPSA) is 28.2 Å². The van der Waals surface area contributed by atoms with Crippen molar-refractivity contribution >= 4 is 34.3 Å². The van der Waals surface area contributed by atoms with E-state index in [1.54, 1.807) is 0 Å². The van der Waals surface area contributed by atoms with Gasteiger partial charge in [0.25, 0.3) is 0 Å². The van der Waals surface area contributed by atoms with E-state index in [1.165, 1.54) is 28.3 Å². The van der Waals surface area contributed by atoms with Crippen molar-refractivity contribution in [3.05, 3.63) is 39.3 Å². The molecule has 3 nitrogen and oxygen atoms in total. The minimum atomic E-state index is 0.593. The Hall–Kier alpha value is -1.26. The van der Waals surface area contributed by atoms with Gasteiger partial charge in [0.05, 0.1) is 17.9 Å². The third-order valence-corrected chi connectivity index (χ3v) is 4.35. The highest BCUT2D eigenvalue weighted by molar-refractivity contribution is 7.15. The quantitative estimate of drug-likeness (QED) is 0.847. The molecule has 0 bridgehead atoms. The largest absolute Gasteiger partial charge is 0.378 e. The van der Waals surface area contributed by atoms with Gasteiger partial charge in [-0.15, -0.1) is 11.3 Å². The van der Waals surface area contributed by atoms with Crippen molar-refractivity contribution in [1.82, 2.24) is 4.98 Å². The van der Waals surface area contributed by atoms with E-state index in [0.29, 0.717) is 4.47 Å². The molecule has 0 unspecified atom stereocenters. The predicted octanol–water partition coefficient (Wildman–Crippen LogP) is 4.56. The number of thiazole rings is 1. The third kappa shape index (κ3) is 3.64. The molecule has 0 aliphatic carbocycles. The summed E-state index contributed by atoms with van der Waals surface area (Å²) in [5.74, 6) is 0. The third-order valence-electron chi connectivity index (χ3n) is 3.23. The van der Waals surface area contributed by atoms with E-state index in [2.05, 4.69) is 54.2 Å². The fraction of sp³-hybridized carbons (Fsp3) is 0.400. The van der Waals surface area contributed by atoms with Crippen molar-refractivity contribution in [2.24, 2.45) is 0 Å². The molecule has 1 aromatic carbocycles. The molecule has 2 aromatic rings. The molecule has 1 heterocycles. The molecule has 1 aromatic heterocycles. The first-order valence-electron chi connectivity index (χ1n) is 6.83. The van der Waals surface area contributed by atoms with Crippen LogP contribution in [0.5, 0.6) is 0 Å². The lowest BCUT2D eigenvalue weighted by atomic mass is 10.1. The molecular formula is C15H20ClN3S. The summed E-state index contributed by atoms with van der Waals surface area (Å²) in [6, 6.07) is 6.53. The zero-order valence-electron chi connectivity index (χ0n) is 12.1. The average Bonchev–Trinajstić information content (AvgIpc) is 2.85. The Kier molecular flexibility index (Phi) is 5.26. The predicted molar refractivity (Wildman–Crippen MR) is 89.2 cm³/mol. The number of aromatic nitrogens is 1. The van der Waals surface area contributed by atoms with E-state index in [1.807, 2.05) is 6.20 Å². The minimum absolute atomic E-state index is 0.593. The Bertz CT molecular complexity index is 564. The van der Waals surface area contributed by atoms with Gasteiger partial charge in [-0.05, 0) is 38.5 Å². The van der Waals surface area contributed by atoms with Crippen LogP contribution in [0, 0.1) is 6.92 Å². The van der Waals surface area contributed by atoms with E-state index in [4.69, 9.17) is 11.6 Å². The number of halogens is 1. The normalized spacial score (nSPS) is 10.6. The lowest BCUT2D eigenvalue weighted by Crippen LogP contribution is -2.23. The molecule has 0 atom stereocenters. The second-order valence-corrected chi connectivity index (χ2v) is 6.32. The van der Waals surface area contributed by atoms with Gasteiger partial charge in [0.2, 0.25) is 0 Å². The van der Waals surface area contributed by atoms with Crippen LogP contribution in [0.2, 0.25) is 4.47 Å². The number of anilines is 2. The monoisotopic (exact) mass is 309 g/mol. The summed E-state index contributed by atoms with van der Waals surface area (Å²) in [6.45, 7) is 9.22. The number of nitrogens with zero attached hydrogens (tertiary/aromatic N) is 2. The maximum absolute atomic E-state index is 5.87. The van der Waals surface area contributed by atoms with Crippen molar-refractivity contribution in [1.29, 1.82) is 0 Å². The van der Waals surface area contributed by atoms with Gasteiger partial charge in [-0.25, -0.2) is 4.98 Å². The Morgan fingerprint density at radius 2 is 2.05 bits per heavy atom. The van der Waals surface area contributed by atoms with Crippen molar-refractivity contribution in [3.8, 4) is 0 Å². The minimum Gasteiger partial charge on any atom is -0.378 e. The lowest BCUT2D eigenvalue weighted by molar-refractivity contribution is 0.865. The van der Waals surface area contributed by atoms with Gasteiger partial charge in [-0.1, -0.05) is 17.7 Å². The number of benzene rings is 1. The van der Waals surface area contributed by atoms with Crippen molar-refractivity contribution < 1.29 is 0 Å². The Morgan fingerprint density at radius 1 is 1.30 bits per heavy atom. The molecule has 108 valence electrons. The van der Waals surface area contributed by atoms with Crippen LogP contribution in [0.15, 0.2) is 24.4 Å². The zero-order chi connectivity index (χ0) is 14.5. The number of hydrogen-bond acceptors (Lipinski definition) is 4. The van der Waals surface area contributed by atoms with Crippen molar-refractivity contribution in [2.45, 2.75) is 27.3 Å². The van der Waals surface area contributed by atoms with E-state index in [0.717, 1.165) is 24.5 Å². The van der Waals surface area contributed by atoms with Crippen LogP contribution in [0.3, 0.4) is 0 Å². The van der Waals surface area contributed by atoms with Crippen LogP contribution < -0.4 is 10.2 Å². The number of rotatable bonds is 6. The highest BCUT2D eigenvalue weighted by Crippen LogP contribution is 2.28. The number of nitrogens with one attached hydrogen (secondary N) is 1. The molecule has 0 saturated carbocycles. The van der Waals surface area contributed by atoms with E-state index >= 15 is 0 Å². The second-order valence-electron chi connectivity index (χ2n) is 4.63. The molecule has 0 saturated heterocycles. The van der Waals surface area contributed by atoms with Crippen LogP contribution in [0.1, 0.15) is 24.3 Å². The molecular weight excluding hydrogens is 290 g/mol. The van der Waals surface area contributed by atoms with E-state index in [9.17, 15) is 0 Å². The van der Waals surface area contributed by atoms with Gasteiger partial charge in [0.1, 0.15) is 0 Å². The fourth-order valence-electron chi connectivity index (χ4n) is 2.18. The number of aryl methyl sites for hydroxylation is 1. The maximum atomic E-state index is 5.87. The summed E-state index contributed by atoms with van der Waals surface area (Å²) >= 11 is 7.38. The number of hydrogen-bond donors (Lipinski definition) is 1. The summed E-state index contributed by atoms with van der Waals surface area (Å²) in [7, 11) is 0. The molecule has 0 spiro atoms. The van der Waals surface area contributed by atoms with Crippen molar-refractivity contribution in [3.63, 3.8) is 0 Å². The van der Waals surface area contributed by atoms with Gasteiger partial charge >= 0.3 is 0 Å². The smallest absolute Gasteiger partial charge is 0.183 e. The van der Waals surface area contributed by atoms with Crippen LogP contribution in [0.25, 0.3) is 0 Å². The Labute approximate surface area is 129 Å². The highest BCUT2D eigenvalue weighted by Gasteiger charge is 2.09. The molecule has 0 aliphatic rings. The summed E-state index contributed by atoms with van der Waals surface area (Å²) < 4.78 is 0.593. The van der Waals surface area contributed by atoms with E-state index < -0.39 is 0 Å². The molecule has 1 N–H and O–H groups in total. The maximum Gasteiger partial charge on any atom is 0.183 e. The SMILES string of the molecule is CCN(CC)c1ccc(C)cc1NCc1cnc(Cl)s1. The van der Waals surface area contributed by atoms with Crippen molar-refractivity contribution in [2.75, 3.05) is 23.3 Å². The van der Waals surface area contributed by atoms with E-state index in [-0.39, 0.29) is 0 Å². The second kappa shape index (κ2) is 6.95. The van der Waals surface area contributed by atoms with Gasteiger partial charge in [-0.3, -0.25) is 0 Å². The molecule has 2 rings (SSSR count). The first kappa shape index (κ1) is 15.1. The standard InChI is InChI=1S/C15H20ClN3S/c1-4-19(5-2)14-7-6-11(3)8-13(14)17-9-12-10-18-15(16)20-12/h6-8,10,17H,4-5,9H2,1-3H3. The first-order chi connectivity index (χ1) is 9.63. The Morgan fingerprint density at radius 3 is 2.65 bits per heavy atom. The molecule has 0 fully saturated rings. The summed E-state index contributed by atoms with van der Waals surface area (Å²) in [6.07, 6.45) is 1.83. The van der Waals surface area contributed by atoms with Gasteiger partial charge in [0, 0.05) is 24.2 Å². The molecule has 20 heavy (non-hydrogen) atoms. The summed E-state index contributed by atoms with van der Waals surface area (Å²) in [5, 5.41) is 3.50. The first-order valence-corrected chi connectivity index (χ1v) is 8.03.